The lowest BCUT2D eigenvalue weighted by Gasteiger charge is -2.11. The highest BCUT2D eigenvalue weighted by Crippen LogP contribution is 2.27. The maximum absolute atomic E-state index is 12.7. The van der Waals surface area contributed by atoms with Crippen LogP contribution in [0.15, 0.2) is 48.7 Å². The normalized spacial score (nSPS) is 10.7. The Labute approximate surface area is 166 Å². The maximum atomic E-state index is 12.7. The lowest BCUT2D eigenvalue weighted by Crippen LogP contribution is -2.26. The van der Waals surface area contributed by atoms with Crippen LogP contribution < -0.4 is 14.8 Å². The van der Waals surface area contributed by atoms with Crippen molar-refractivity contribution in [3.05, 3.63) is 65.4 Å². The average molecular weight is 379 g/mol. The molecule has 2 aromatic carbocycles. The van der Waals surface area contributed by atoms with Gasteiger partial charge in [0.15, 0.2) is 11.5 Å². The number of methoxy groups -OCH3 is 2. The zero-order valence-corrected chi connectivity index (χ0v) is 16.5. The molecule has 1 N–H and O–H groups in total. The molecule has 0 radical (unpaired) electrons. The summed E-state index contributed by atoms with van der Waals surface area (Å²) in [5.74, 6) is 3.50. The second-order valence-electron chi connectivity index (χ2n) is 6.11. The molecule has 5 nitrogen and oxygen atoms in total. The number of hydrogen-bond donors (Lipinski definition) is 1. The highest BCUT2D eigenvalue weighted by molar-refractivity contribution is 6.19. The van der Waals surface area contributed by atoms with E-state index >= 15 is 0 Å². The van der Waals surface area contributed by atoms with E-state index in [0.29, 0.717) is 30.0 Å². The van der Waals surface area contributed by atoms with Crippen LogP contribution in [0.25, 0.3) is 5.57 Å². The molecule has 0 aromatic heterocycles. The summed E-state index contributed by atoms with van der Waals surface area (Å²) in [4.78, 5) is 12.7. The van der Waals surface area contributed by atoms with E-state index in [4.69, 9.17) is 20.6 Å². The van der Waals surface area contributed by atoms with Gasteiger partial charge < -0.3 is 19.5 Å². The van der Waals surface area contributed by atoms with Gasteiger partial charge in [0, 0.05) is 6.54 Å². The second kappa shape index (κ2) is 10.7. The minimum Gasteiger partial charge on any atom is -0.493 e. The lowest BCUT2D eigenvalue weighted by atomic mass is 10.0. The van der Waals surface area contributed by atoms with Gasteiger partial charge in [-0.15, -0.1) is 6.42 Å². The third kappa shape index (κ3) is 5.82. The van der Waals surface area contributed by atoms with Crippen LogP contribution >= 0.6 is 0 Å². The number of amides is 1. The van der Waals surface area contributed by atoms with E-state index < -0.39 is 0 Å². The summed E-state index contributed by atoms with van der Waals surface area (Å²) >= 11 is 0. The van der Waals surface area contributed by atoms with Crippen molar-refractivity contribution >= 4 is 11.5 Å². The number of terminal acetylenes is 1. The van der Waals surface area contributed by atoms with Crippen LogP contribution in [0, 0.1) is 19.3 Å². The van der Waals surface area contributed by atoms with Gasteiger partial charge in [-0.2, -0.15) is 0 Å². The molecule has 0 bridgehead atoms. The molecule has 0 aliphatic rings. The standard InChI is InChI=1S/C23H25NO4/c1-5-14-28-16-20(19-9-6-17(2)7-10-19)23(25)24-13-12-18-8-11-21(26-3)22(15-18)27-4/h1,6-11,15-16H,12-14H2,2-4H3,(H,24,25)/b20-16-. The van der Waals surface area contributed by atoms with Crippen molar-refractivity contribution < 1.29 is 19.0 Å². The average Bonchev–Trinajstić information content (AvgIpc) is 2.72. The number of rotatable bonds is 9. The smallest absolute Gasteiger partial charge is 0.255 e. The molecule has 0 spiro atoms. The fourth-order valence-electron chi connectivity index (χ4n) is 2.61. The maximum Gasteiger partial charge on any atom is 0.255 e. The third-order valence-electron chi connectivity index (χ3n) is 4.12. The van der Waals surface area contributed by atoms with Crippen molar-refractivity contribution in [2.75, 3.05) is 27.4 Å². The molecule has 0 heterocycles. The fourth-order valence-corrected chi connectivity index (χ4v) is 2.61. The van der Waals surface area contributed by atoms with Gasteiger partial charge >= 0.3 is 0 Å². The van der Waals surface area contributed by atoms with Crippen molar-refractivity contribution in [1.82, 2.24) is 5.32 Å². The Morgan fingerprint density at radius 1 is 1.11 bits per heavy atom. The fraction of sp³-hybridized carbons (Fsp3) is 0.261. The van der Waals surface area contributed by atoms with Crippen molar-refractivity contribution in [3.63, 3.8) is 0 Å². The van der Waals surface area contributed by atoms with Crippen molar-refractivity contribution in [3.8, 4) is 23.8 Å². The summed E-state index contributed by atoms with van der Waals surface area (Å²) in [6.07, 6.45) is 7.28. The zero-order chi connectivity index (χ0) is 20.4. The number of carbonyl (C=O) groups is 1. The molecule has 0 atom stereocenters. The van der Waals surface area contributed by atoms with E-state index in [1.54, 1.807) is 14.2 Å². The first-order valence-corrected chi connectivity index (χ1v) is 8.90. The quantitative estimate of drug-likeness (QED) is 0.314. The van der Waals surface area contributed by atoms with Gasteiger partial charge in [-0.1, -0.05) is 41.8 Å². The first-order valence-electron chi connectivity index (χ1n) is 8.90. The molecule has 146 valence electrons. The topological polar surface area (TPSA) is 56.8 Å². The number of carbonyl (C=O) groups excluding carboxylic acids is 1. The number of benzene rings is 2. The van der Waals surface area contributed by atoms with Crippen LogP contribution in [-0.4, -0.2) is 33.3 Å². The summed E-state index contributed by atoms with van der Waals surface area (Å²) in [6.45, 7) is 2.56. The number of aryl methyl sites for hydroxylation is 1. The predicted molar refractivity (Wildman–Crippen MR) is 110 cm³/mol. The molecule has 0 aliphatic heterocycles. The van der Waals surface area contributed by atoms with Crippen LogP contribution in [0.3, 0.4) is 0 Å². The Bertz CT molecular complexity index is 863. The molecule has 0 saturated heterocycles. The zero-order valence-electron chi connectivity index (χ0n) is 16.5. The number of nitrogens with one attached hydrogen (secondary N) is 1. The van der Waals surface area contributed by atoms with Crippen LogP contribution in [0.5, 0.6) is 11.5 Å². The van der Waals surface area contributed by atoms with E-state index in [1.165, 1.54) is 6.26 Å². The van der Waals surface area contributed by atoms with E-state index in [9.17, 15) is 4.79 Å². The Hall–Kier alpha value is -3.39. The highest BCUT2D eigenvalue weighted by Gasteiger charge is 2.13. The largest absolute Gasteiger partial charge is 0.493 e. The van der Waals surface area contributed by atoms with Gasteiger partial charge in [-0.3, -0.25) is 4.79 Å². The molecule has 5 heteroatoms. The van der Waals surface area contributed by atoms with Crippen LogP contribution in [0.4, 0.5) is 0 Å². The van der Waals surface area contributed by atoms with E-state index in [2.05, 4.69) is 11.2 Å². The Balaban J connectivity index is 2.04. The molecule has 0 fully saturated rings. The highest BCUT2D eigenvalue weighted by atomic mass is 16.5. The van der Waals surface area contributed by atoms with Gasteiger partial charge in [0.1, 0.15) is 6.61 Å². The Morgan fingerprint density at radius 3 is 2.46 bits per heavy atom. The minimum absolute atomic E-state index is 0.105. The van der Waals surface area contributed by atoms with E-state index in [-0.39, 0.29) is 12.5 Å². The molecule has 2 aromatic rings. The summed E-state index contributed by atoms with van der Waals surface area (Å²) in [7, 11) is 3.19. The summed E-state index contributed by atoms with van der Waals surface area (Å²) < 4.78 is 15.8. The second-order valence-corrected chi connectivity index (χ2v) is 6.11. The van der Waals surface area contributed by atoms with Gasteiger partial charge in [0.25, 0.3) is 5.91 Å². The van der Waals surface area contributed by atoms with Crippen molar-refractivity contribution in [2.45, 2.75) is 13.3 Å². The number of ether oxygens (including phenoxy) is 3. The molecule has 0 unspecified atom stereocenters. The van der Waals surface area contributed by atoms with E-state index in [1.807, 2.05) is 49.4 Å². The summed E-state index contributed by atoms with van der Waals surface area (Å²) in [5.41, 5.74) is 3.35. The molecule has 0 saturated carbocycles. The van der Waals surface area contributed by atoms with Gasteiger partial charge in [0.05, 0.1) is 26.1 Å². The first kappa shape index (κ1) is 20.9. The van der Waals surface area contributed by atoms with E-state index in [0.717, 1.165) is 16.7 Å². The number of hydrogen-bond acceptors (Lipinski definition) is 4. The van der Waals surface area contributed by atoms with Crippen LogP contribution in [0.2, 0.25) is 0 Å². The minimum atomic E-state index is -0.221. The molecule has 0 aliphatic carbocycles. The summed E-state index contributed by atoms with van der Waals surface area (Å²) in [6, 6.07) is 13.4. The van der Waals surface area contributed by atoms with Gasteiger partial charge in [-0.25, -0.2) is 0 Å². The first-order chi connectivity index (χ1) is 13.6. The third-order valence-corrected chi connectivity index (χ3v) is 4.12. The van der Waals surface area contributed by atoms with Gasteiger partial charge in [0.2, 0.25) is 0 Å². The Morgan fingerprint density at radius 2 is 1.82 bits per heavy atom. The van der Waals surface area contributed by atoms with Crippen molar-refractivity contribution in [1.29, 1.82) is 0 Å². The van der Waals surface area contributed by atoms with Crippen LogP contribution in [0.1, 0.15) is 16.7 Å². The lowest BCUT2D eigenvalue weighted by molar-refractivity contribution is -0.115. The van der Waals surface area contributed by atoms with Crippen molar-refractivity contribution in [2.24, 2.45) is 0 Å². The summed E-state index contributed by atoms with van der Waals surface area (Å²) in [5, 5.41) is 2.93. The SMILES string of the molecule is C#CCO/C=C(\C(=O)NCCc1ccc(OC)c(OC)c1)c1ccc(C)cc1. The molecule has 28 heavy (non-hydrogen) atoms. The predicted octanol–water partition coefficient (Wildman–Crippen LogP) is 3.36. The van der Waals surface area contributed by atoms with Gasteiger partial charge in [-0.05, 0) is 36.6 Å². The Kier molecular flexibility index (Phi) is 7.98. The molecule has 2 rings (SSSR count). The molecular weight excluding hydrogens is 354 g/mol. The molecule has 1 amide bonds. The monoisotopic (exact) mass is 379 g/mol. The van der Waals surface area contributed by atoms with Crippen LogP contribution in [-0.2, 0) is 16.0 Å². The molecular formula is C23H25NO4.